The molecule has 0 aliphatic carbocycles. The van der Waals surface area contributed by atoms with E-state index in [1.165, 1.54) is 0 Å². The fourth-order valence-corrected chi connectivity index (χ4v) is 3.32. The van der Waals surface area contributed by atoms with Crippen LogP contribution in [0.15, 0.2) is 24.3 Å². The van der Waals surface area contributed by atoms with Gasteiger partial charge in [0, 0.05) is 29.2 Å². The first-order valence-electron chi connectivity index (χ1n) is 7.34. The third-order valence-electron chi connectivity index (χ3n) is 3.66. The second-order valence-electron chi connectivity index (χ2n) is 5.92. The predicted molar refractivity (Wildman–Crippen MR) is 90.9 cm³/mol. The van der Waals surface area contributed by atoms with Crippen LogP contribution in [-0.4, -0.2) is 36.5 Å². The van der Waals surface area contributed by atoms with Crippen LogP contribution in [0.5, 0.6) is 0 Å². The van der Waals surface area contributed by atoms with Crippen molar-refractivity contribution in [2.75, 3.05) is 19.6 Å². The highest BCUT2D eigenvalue weighted by molar-refractivity contribution is 14.1. The van der Waals surface area contributed by atoms with E-state index in [1.807, 2.05) is 24.3 Å². The summed E-state index contributed by atoms with van der Waals surface area (Å²) in [5.41, 5.74) is 0.790. The van der Waals surface area contributed by atoms with E-state index in [4.69, 9.17) is 0 Å². The second-order valence-corrected chi connectivity index (χ2v) is 7.08. The topological polar surface area (TPSA) is 32.3 Å². The smallest absolute Gasteiger partial charge is 0.252 e. The summed E-state index contributed by atoms with van der Waals surface area (Å²) < 4.78 is 1.01. The third kappa shape index (κ3) is 4.45. The van der Waals surface area contributed by atoms with E-state index in [9.17, 15) is 4.79 Å². The first-order valence-corrected chi connectivity index (χ1v) is 8.42. The molecule has 110 valence electrons. The zero-order chi connectivity index (χ0) is 14.5. The van der Waals surface area contributed by atoms with Gasteiger partial charge in [-0.1, -0.05) is 26.0 Å². The predicted octanol–water partition coefficient (Wildman–Crippen LogP) is 3.14. The van der Waals surface area contributed by atoms with Gasteiger partial charge < -0.3 is 10.2 Å². The van der Waals surface area contributed by atoms with Crippen molar-refractivity contribution in [3.05, 3.63) is 33.4 Å². The van der Waals surface area contributed by atoms with Crippen molar-refractivity contribution in [1.29, 1.82) is 0 Å². The van der Waals surface area contributed by atoms with Crippen LogP contribution in [-0.2, 0) is 0 Å². The molecule has 20 heavy (non-hydrogen) atoms. The third-order valence-corrected chi connectivity index (χ3v) is 4.61. The number of nitrogens with zero attached hydrogens (tertiary/aromatic N) is 1. The molecule has 0 unspecified atom stereocenters. The van der Waals surface area contributed by atoms with E-state index in [1.54, 1.807) is 0 Å². The van der Waals surface area contributed by atoms with E-state index >= 15 is 0 Å². The summed E-state index contributed by atoms with van der Waals surface area (Å²) in [6.45, 7) is 7.86. The second kappa shape index (κ2) is 7.41. The molecule has 0 aromatic heterocycles. The summed E-state index contributed by atoms with van der Waals surface area (Å²) in [7, 11) is 0. The van der Waals surface area contributed by atoms with Gasteiger partial charge in [0.25, 0.3) is 5.91 Å². The van der Waals surface area contributed by atoms with Gasteiger partial charge in [-0.2, -0.15) is 0 Å². The maximum Gasteiger partial charge on any atom is 0.252 e. The Labute approximate surface area is 135 Å². The van der Waals surface area contributed by atoms with Gasteiger partial charge in [-0.15, -0.1) is 0 Å². The molecule has 0 bridgehead atoms. The minimum Gasteiger partial charge on any atom is -0.349 e. The number of benzene rings is 1. The zero-order valence-electron chi connectivity index (χ0n) is 12.2. The first-order chi connectivity index (χ1) is 9.56. The Hall–Kier alpha value is -0.620. The van der Waals surface area contributed by atoms with Gasteiger partial charge in [0.05, 0.1) is 5.56 Å². The van der Waals surface area contributed by atoms with Crippen LogP contribution < -0.4 is 5.32 Å². The summed E-state index contributed by atoms with van der Waals surface area (Å²) >= 11 is 2.22. The molecule has 3 nitrogen and oxygen atoms in total. The lowest BCUT2D eigenvalue weighted by Crippen LogP contribution is -2.45. The molecule has 0 atom stereocenters. The monoisotopic (exact) mass is 386 g/mol. The van der Waals surface area contributed by atoms with Crippen molar-refractivity contribution >= 4 is 28.5 Å². The molecule has 0 radical (unpaired) electrons. The molecule has 2 rings (SSSR count). The summed E-state index contributed by atoms with van der Waals surface area (Å²) in [6.07, 6.45) is 2.11. The van der Waals surface area contributed by atoms with E-state index in [0.29, 0.717) is 12.0 Å². The maximum absolute atomic E-state index is 12.3. The number of halogens is 1. The highest BCUT2D eigenvalue weighted by Gasteiger charge is 2.21. The maximum atomic E-state index is 12.3. The van der Waals surface area contributed by atoms with Crippen LogP contribution >= 0.6 is 22.6 Å². The molecule has 1 aliphatic rings. The van der Waals surface area contributed by atoms with E-state index in [-0.39, 0.29) is 5.91 Å². The number of carbonyl (C=O) groups is 1. The number of piperidine rings is 1. The summed E-state index contributed by atoms with van der Waals surface area (Å²) in [4.78, 5) is 14.8. The molecule has 1 aromatic carbocycles. The summed E-state index contributed by atoms with van der Waals surface area (Å²) in [5, 5.41) is 3.18. The highest BCUT2D eigenvalue weighted by Crippen LogP contribution is 2.15. The lowest BCUT2D eigenvalue weighted by Gasteiger charge is -2.33. The fourth-order valence-electron chi connectivity index (χ4n) is 2.68. The number of carbonyl (C=O) groups excluding carboxylic acids is 1. The largest absolute Gasteiger partial charge is 0.349 e. The van der Waals surface area contributed by atoms with Crippen LogP contribution in [0.3, 0.4) is 0 Å². The number of likely N-dealkylation sites (tertiary alicyclic amines) is 1. The van der Waals surface area contributed by atoms with Crippen LogP contribution in [0, 0.1) is 9.49 Å². The minimum atomic E-state index is 0.0670. The highest BCUT2D eigenvalue weighted by atomic mass is 127. The molecule has 1 aliphatic heterocycles. The summed E-state index contributed by atoms with van der Waals surface area (Å²) in [5.74, 6) is 0.782. The number of hydrogen-bond donors (Lipinski definition) is 1. The Morgan fingerprint density at radius 1 is 1.35 bits per heavy atom. The molecule has 1 saturated heterocycles. The van der Waals surface area contributed by atoms with E-state index < -0.39 is 0 Å². The Morgan fingerprint density at radius 3 is 2.60 bits per heavy atom. The van der Waals surface area contributed by atoms with Crippen molar-refractivity contribution in [2.45, 2.75) is 32.7 Å². The van der Waals surface area contributed by atoms with Crippen molar-refractivity contribution in [3.63, 3.8) is 0 Å². The fraction of sp³-hybridized carbons (Fsp3) is 0.562. The van der Waals surface area contributed by atoms with Crippen molar-refractivity contribution in [2.24, 2.45) is 5.92 Å². The minimum absolute atomic E-state index is 0.0670. The van der Waals surface area contributed by atoms with Gasteiger partial charge in [-0.25, -0.2) is 0 Å². The van der Waals surface area contributed by atoms with Gasteiger partial charge in [0.2, 0.25) is 0 Å². The first kappa shape index (κ1) is 15.8. The van der Waals surface area contributed by atoms with Crippen molar-refractivity contribution in [3.8, 4) is 0 Å². The number of rotatable bonds is 4. The molecule has 0 saturated carbocycles. The Morgan fingerprint density at radius 2 is 2.00 bits per heavy atom. The van der Waals surface area contributed by atoms with Crippen molar-refractivity contribution < 1.29 is 4.79 Å². The lowest BCUT2D eigenvalue weighted by molar-refractivity contribution is 0.0906. The molecule has 4 heteroatoms. The molecule has 1 amide bonds. The number of hydrogen-bond acceptors (Lipinski definition) is 2. The summed E-state index contributed by atoms with van der Waals surface area (Å²) in [6, 6.07) is 8.07. The average Bonchev–Trinajstić information content (AvgIpc) is 2.41. The van der Waals surface area contributed by atoms with Gasteiger partial charge in [0.1, 0.15) is 0 Å². The molecular weight excluding hydrogens is 363 g/mol. The Kier molecular flexibility index (Phi) is 5.84. The van der Waals surface area contributed by atoms with E-state index in [2.05, 4.69) is 46.7 Å². The number of amides is 1. The van der Waals surface area contributed by atoms with Crippen LogP contribution in [0.1, 0.15) is 37.0 Å². The molecule has 1 fully saturated rings. The van der Waals surface area contributed by atoms with Gasteiger partial charge in [-0.05, 0) is 53.5 Å². The van der Waals surface area contributed by atoms with Gasteiger partial charge in [0.15, 0.2) is 0 Å². The zero-order valence-corrected chi connectivity index (χ0v) is 14.4. The van der Waals surface area contributed by atoms with Crippen LogP contribution in [0.4, 0.5) is 0 Å². The van der Waals surface area contributed by atoms with Crippen LogP contribution in [0.2, 0.25) is 0 Å². The molecule has 0 spiro atoms. The quantitative estimate of drug-likeness (QED) is 0.807. The molecule has 1 aromatic rings. The van der Waals surface area contributed by atoms with Crippen LogP contribution in [0.25, 0.3) is 0 Å². The normalized spacial score (nSPS) is 17.4. The van der Waals surface area contributed by atoms with Crippen molar-refractivity contribution in [1.82, 2.24) is 10.2 Å². The van der Waals surface area contributed by atoms with Gasteiger partial charge in [-0.3, -0.25) is 4.79 Å². The Bertz CT molecular complexity index is 454. The Balaban J connectivity index is 1.84. The molecule has 1 N–H and O–H groups in total. The SMILES string of the molecule is CC(C)CN1CCC(NC(=O)c2ccccc2I)CC1. The standard InChI is InChI=1S/C16H23IN2O/c1-12(2)11-19-9-7-13(8-10-19)18-16(20)14-5-3-4-6-15(14)17/h3-6,12-13H,7-11H2,1-2H3,(H,18,20). The van der Waals surface area contributed by atoms with Gasteiger partial charge >= 0.3 is 0 Å². The molecule has 1 heterocycles. The average molecular weight is 386 g/mol. The molecular formula is C16H23IN2O. The lowest BCUT2D eigenvalue weighted by atomic mass is 10.0. The van der Waals surface area contributed by atoms with E-state index in [0.717, 1.165) is 41.6 Å². The number of nitrogens with one attached hydrogen (secondary N) is 1.